The molecule has 1 fully saturated rings. The van der Waals surface area contributed by atoms with Crippen molar-refractivity contribution in [1.82, 2.24) is 15.1 Å². The van der Waals surface area contributed by atoms with Crippen LogP contribution in [0.1, 0.15) is 19.4 Å². The van der Waals surface area contributed by atoms with Crippen LogP contribution in [0.2, 0.25) is 0 Å². The second kappa shape index (κ2) is 7.42. The van der Waals surface area contributed by atoms with Crippen molar-refractivity contribution in [1.29, 1.82) is 0 Å². The molecule has 1 aromatic carbocycles. The molecule has 0 spiro atoms. The molecule has 0 saturated carbocycles. The molecule has 0 aliphatic carbocycles. The first kappa shape index (κ1) is 17.9. The van der Waals surface area contributed by atoms with Crippen molar-refractivity contribution in [3.63, 3.8) is 0 Å². The van der Waals surface area contributed by atoms with Crippen molar-refractivity contribution < 1.29 is 18.8 Å². The quantitative estimate of drug-likeness (QED) is 0.638. The lowest BCUT2D eigenvalue weighted by molar-refractivity contribution is -0.150. The summed E-state index contributed by atoms with van der Waals surface area (Å²) in [5.74, 6) is -1.14. The van der Waals surface area contributed by atoms with Gasteiger partial charge in [-0.15, -0.1) is 0 Å². The zero-order chi connectivity index (χ0) is 17.7. The molecule has 130 valence electrons. The minimum Gasteiger partial charge on any atom is -0.351 e. The lowest BCUT2D eigenvalue weighted by Crippen LogP contribution is -2.55. The van der Waals surface area contributed by atoms with Gasteiger partial charge in [0, 0.05) is 38.3 Å². The van der Waals surface area contributed by atoms with E-state index in [2.05, 4.69) is 5.32 Å². The van der Waals surface area contributed by atoms with Crippen LogP contribution < -0.4 is 5.32 Å². The van der Waals surface area contributed by atoms with E-state index in [-0.39, 0.29) is 12.5 Å². The lowest BCUT2D eigenvalue weighted by Gasteiger charge is -2.36. The Morgan fingerprint density at radius 1 is 1.21 bits per heavy atom. The van der Waals surface area contributed by atoms with Gasteiger partial charge in [-0.25, -0.2) is 4.39 Å². The van der Waals surface area contributed by atoms with E-state index in [0.717, 1.165) is 6.41 Å². The van der Waals surface area contributed by atoms with Gasteiger partial charge in [-0.2, -0.15) is 0 Å². The molecule has 0 unspecified atom stereocenters. The van der Waals surface area contributed by atoms with Crippen LogP contribution in [-0.2, 0) is 20.9 Å². The predicted molar refractivity (Wildman–Crippen MR) is 86.2 cm³/mol. The molecule has 1 saturated heterocycles. The molecule has 24 heavy (non-hydrogen) atoms. The summed E-state index contributed by atoms with van der Waals surface area (Å²) in [5.41, 5.74) is -0.886. The van der Waals surface area contributed by atoms with Crippen molar-refractivity contribution in [2.24, 2.45) is 5.41 Å². The van der Waals surface area contributed by atoms with Crippen molar-refractivity contribution >= 4 is 18.2 Å². The molecular formula is C17H22FN3O3. The fraction of sp³-hybridized carbons (Fsp3) is 0.471. The summed E-state index contributed by atoms with van der Waals surface area (Å²) in [4.78, 5) is 38.9. The van der Waals surface area contributed by atoms with E-state index in [4.69, 9.17) is 0 Å². The topological polar surface area (TPSA) is 69.7 Å². The van der Waals surface area contributed by atoms with Crippen LogP contribution in [0.4, 0.5) is 4.39 Å². The Balaban J connectivity index is 1.95. The molecule has 0 aromatic heterocycles. The van der Waals surface area contributed by atoms with Crippen LogP contribution in [-0.4, -0.2) is 54.2 Å². The Labute approximate surface area is 140 Å². The molecule has 6 nitrogen and oxygen atoms in total. The summed E-state index contributed by atoms with van der Waals surface area (Å²) in [7, 11) is 0. The third kappa shape index (κ3) is 3.90. The van der Waals surface area contributed by atoms with E-state index in [1.54, 1.807) is 41.8 Å². The summed E-state index contributed by atoms with van der Waals surface area (Å²) < 4.78 is 13.6. The molecule has 0 radical (unpaired) electrons. The number of piperazine rings is 1. The smallest absolute Gasteiger partial charge is 0.237 e. The maximum Gasteiger partial charge on any atom is 0.237 e. The molecule has 7 heteroatoms. The number of hydrogen-bond acceptors (Lipinski definition) is 3. The fourth-order valence-corrected chi connectivity index (χ4v) is 2.56. The molecular weight excluding hydrogens is 313 g/mol. The standard InChI is InChI=1S/C17H22FN3O3/c1-17(2,16(24)21-9-7-20(12-22)8-10-21)15(23)19-11-13-5-3-4-6-14(13)18/h3-6,12H,7-11H2,1-2H3,(H,19,23). The van der Waals surface area contributed by atoms with E-state index in [9.17, 15) is 18.8 Å². The molecule has 2 rings (SSSR count). The average molecular weight is 335 g/mol. The van der Waals surface area contributed by atoms with Gasteiger partial charge in [-0.3, -0.25) is 14.4 Å². The molecule has 1 aliphatic rings. The normalized spacial score (nSPS) is 15.1. The first-order valence-electron chi connectivity index (χ1n) is 7.86. The average Bonchev–Trinajstić information content (AvgIpc) is 2.60. The molecule has 1 heterocycles. The number of halogens is 1. The van der Waals surface area contributed by atoms with E-state index in [1.165, 1.54) is 6.07 Å². The first-order chi connectivity index (χ1) is 11.4. The highest BCUT2D eigenvalue weighted by atomic mass is 19.1. The highest BCUT2D eigenvalue weighted by molar-refractivity contribution is 6.04. The molecule has 0 atom stereocenters. The molecule has 0 bridgehead atoms. The zero-order valence-electron chi connectivity index (χ0n) is 13.9. The maximum atomic E-state index is 13.6. The third-order valence-corrected chi connectivity index (χ3v) is 4.25. The molecule has 1 N–H and O–H groups in total. The summed E-state index contributed by atoms with van der Waals surface area (Å²) in [6.07, 6.45) is 0.758. The minimum atomic E-state index is -1.26. The summed E-state index contributed by atoms with van der Waals surface area (Å²) in [6, 6.07) is 6.17. The Morgan fingerprint density at radius 2 is 1.83 bits per heavy atom. The number of benzene rings is 1. The number of carbonyl (C=O) groups is 3. The van der Waals surface area contributed by atoms with Crippen LogP contribution in [0.3, 0.4) is 0 Å². The largest absolute Gasteiger partial charge is 0.351 e. The van der Waals surface area contributed by atoms with E-state index < -0.39 is 17.1 Å². The number of nitrogens with zero attached hydrogens (tertiary/aromatic N) is 2. The van der Waals surface area contributed by atoms with Crippen LogP contribution in [0.15, 0.2) is 24.3 Å². The number of hydrogen-bond donors (Lipinski definition) is 1. The summed E-state index contributed by atoms with van der Waals surface area (Å²) in [5, 5.41) is 2.63. The van der Waals surface area contributed by atoms with Crippen LogP contribution in [0.5, 0.6) is 0 Å². The van der Waals surface area contributed by atoms with Crippen molar-refractivity contribution in [3.8, 4) is 0 Å². The SMILES string of the molecule is CC(C)(C(=O)NCc1ccccc1F)C(=O)N1CCN(C=O)CC1. The third-order valence-electron chi connectivity index (χ3n) is 4.25. The second-order valence-electron chi connectivity index (χ2n) is 6.33. The lowest BCUT2D eigenvalue weighted by atomic mass is 9.90. The van der Waals surface area contributed by atoms with E-state index >= 15 is 0 Å². The van der Waals surface area contributed by atoms with E-state index in [0.29, 0.717) is 31.7 Å². The summed E-state index contributed by atoms with van der Waals surface area (Å²) in [6.45, 7) is 4.87. The highest BCUT2D eigenvalue weighted by Gasteiger charge is 2.39. The van der Waals surface area contributed by atoms with E-state index in [1.807, 2.05) is 0 Å². The highest BCUT2D eigenvalue weighted by Crippen LogP contribution is 2.21. The van der Waals surface area contributed by atoms with Gasteiger partial charge in [-0.1, -0.05) is 18.2 Å². The Morgan fingerprint density at radius 3 is 2.42 bits per heavy atom. The number of nitrogens with one attached hydrogen (secondary N) is 1. The molecule has 1 aromatic rings. The zero-order valence-corrected chi connectivity index (χ0v) is 13.9. The van der Waals surface area contributed by atoms with Crippen LogP contribution >= 0.6 is 0 Å². The number of rotatable bonds is 5. The number of amides is 3. The van der Waals surface area contributed by atoms with Gasteiger partial charge >= 0.3 is 0 Å². The van der Waals surface area contributed by atoms with Gasteiger partial charge in [-0.05, 0) is 19.9 Å². The van der Waals surface area contributed by atoms with Gasteiger partial charge < -0.3 is 15.1 Å². The fourth-order valence-electron chi connectivity index (χ4n) is 2.56. The minimum absolute atomic E-state index is 0.0289. The van der Waals surface area contributed by atoms with Crippen molar-refractivity contribution in [2.75, 3.05) is 26.2 Å². The van der Waals surface area contributed by atoms with Crippen molar-refractivity contribution in [3.05, 3.63) is 35.6 Å². The maximum absolute atomic E-state index is 13.6. The Hall–Kier alpha value is -2.44. The first-order valence-corrected chi connectivity index (χ1v) is 7.86. The van der Waals surface area contributed by atoms with Crippen LogP contribution in [0, 0.1) is 11.2 Å². The number of carbonyl (C=O) groups excluding carboxylic acids is 3. The van der Waals surface area contributed by atoms with Gasteiger partial charge in [0.1, 0.15) is 11.2 Å². The monoisotopic (exact) mass is 335 g/mol. The molecule has 1 aliphatic heterocycles. The van der Waals surface area contributed by atoms with Crippen molar-refractivity contribution in [2.45, 2.75) is 20.4 Å². The van der Waals surface area contributed by atoms with Crippen LogP contribution in [0.25, 0.3) is 0 Å². The second-order valence-corrected chi connectivity index (χ2v) is 6.33. The predicted octanol–water partition coefficient (Wildman–Crippen LogP) is 0.769. The summed E-state index contributed by atoms with van der Waals surface area (Å²) >= 11 is 0. The Kier molecular flexibility index (Phi) is 5.54. The van der Waals surface area contributed by atoms with Gasteiger partial charge in [0.15, 0.2) is 0 Å². The Bertz CT molecular complexity index is 625. The van der Waals surface area contributed by atoms with Gasteiger partial charge in [0.2, 0.25) is 18.2 Å². The van der Waals surface area contributed by atoms with Gasteiger partial charge in [0.05, 0.1) is 0 Å². The van der Waals surface area contributed by atoms with Gasteiger partial charge in [0.25, 0.3) is 0 Å². The molecule has 3 amide bonds.